The van der Waals surface area contributed by atoms with Gasteiger partial charge in [-0.3, -0.25) is 9.36 Å². The summed E-state index contributed by atoms with van der Waals surface area (Å²) in [6.07, 6.45) is 1.68. The minimum Gasteiger partial charge on any atom is -0.463 e. The molecule has 4 aromatic rings. The van der Waals surface area contributed by atoms with Gasteiger partial charge in [0.2, 0.25) is 0 Å². The van der Waals surface area contributed by atoms with Crippen molar-refractivity contribution < 1.29 is 13.9 Å². The molecule has 1 atom stereocenters. The molecule has 0 unspecified atom stereocenters. The number of hydrogen-bond donors (Lipinski definition) is 0. The van der Waals surface area contributed by atoms with E-state index in [1.54, 1.807) is 48.8 Å². The molecule has 2 aromatic carbocycles. The molecule has 0 aliphatic carbocycles. The van der Waals surface area contributed by atoms with E-state index in [0.717, 1.165) is 11.1 Å². The lowest BCUT2D eigenvalue weighted by Crippen LogP contribution is -2.39. The summed E-state index contributed by atoms with van der Waals surface area (Å²) in [5, 5.41) is 0.882. The van der Waals surface area contributed by atoms with Gasteiger partial charge in [-0.2, -0.15) is 0 Å². The summed E-state index contributed by atoms with van der Waals surface area (Å²) in [4.78, 5) is 31.6. The third kappa shape index (κ3) is 4.46. The van der Waals surface area contributed by atoms with Crippen molar-refractivity contribution in [1.29, 1.82) is 0 Å². The van der Waals surface area contributed by atoms with Crippen LogP contribution in [0.4, 0.5) is 0 Å². The Bertz CT molecular complexity index is 1680. The quantitative estimate of drug-likeness (QED) is 0.320. The van der Waals surface area contributed by atoms with E-state index in [1.165, 1.54) is 11.3 Å². The van der Waals surface area contributed by atoms with Crippen molar-refractivity contribution in [2.24, 2.45) is 4.99 Å². The summed E-state index contributed by atoms with van der Waals surface area (Å²) >= 11 is 13.4. The summed E-state index contributed by atoms with van der Waals surface area (Å²) < 4.78 is 13.3. The van der Waals surface area contributed by atoms with Crippen molar-refractivity contribution in [2.75, 3.05) is 6.61 Å². The highest BCUT2D eigenvalue weighted by atomic mass is 35.5. The van der Waals surface area contributed by atoms with Crippen LogP contribution in [-0.2, 0) is 9.53 Å². The van der Waals surface area contributed by atoms with Crippen LogP contribution in [0.15, 0.2) is 86.1 Å². The van der Waals surface area contributed by atoms with Crippen molar-refractivity contribution in [2.45, 2.75) is 19.9 Å². The molecule has 0 fully saturated rings. The first-order valence-corrected chi connectivity index (χ1v) is 12.7. The van der Waals surface area contributed by atoms with Crippen LogP contribution in [0.2, 0.25) is 10.0 Å². The highest BCUT2D eigenvalue weighted by molar-refractivity contribution is 7.07. The zero-order valence-corrected chi connectivity index (χ0v) is 21.7. The molecule has 1 aliphatic heterocycles. The number of carbonyl (C=O) groups is 1. The lowest BCUT2D eigenvalue weighted by Gasteiger charge is -2.24. The first kappa shape index (κ1) is 24.3. The van der Waals surface area contributed by atoms with Crippen molar-refractivity contribution in [3.63, 3.8) is 0 Å². The lowest BCUT2D eigenvalue weighted by molar-refractivity contribution is -0.139. The fourth-order valence-corrected chi connectivity index (χ4v) is 5.43. The number of allylic oxidation sites excluding steroid dienone is 1. The summed E-state index contributed by atoms with van der Waals surface area (Å²) in [6.45, 7) is 3.73. The van der Waals surface area contributed by atoms with Gasteiger partial charge in [0.1, 0.15) is 11.5 Å². The molecular formula is C27H20Cl2N2O4S. The van der Waals surface area contributed by atoms with Crippen LogP contribution in [0.1, 0.15) is 31.2 Å². The number of halogens is 2. The Balaban J connectivity index is 1.62. The molecule has 6 nitrogen and oxygen atoms in total. The first-order chi connectivity index (χ1) is 17.4. The normalized spacial score (nSPS) is 15.6. The molecule has 3 heterocycles. The zero-order valence-electron chi connectivity index (χ0n) is 19.3. The third-order valence-electron chi connectivity index (χ3n) is 5.74. The number of thiazole rings is 1. The van der Waals surface area contributed by atoms with Crippen molar-refractivity contribution in [3.8, 4) is 11.3 Å². The van der Waals surface area contributed by atoms with Crippen molar-refractivity contribution in [3.05, 3.63) is 113 Å². The maximum Gasteiger partial charge on any atom is 0.338 e. The molecule has 1 aliphatic rings. The average molecular weight is 539 g/mol. The summed E-state index contributed by atoms with van der Waals surface area (Å²) in [5.41, 5.74) is 2.16. The molecule has 36 heavy (non-hydrogen) atoms. The van der Waals surface area contributed by atoms with Crippen LogP contribution in [0.3, 0.4) is 0 Å². The van der Waals surface area contributed by atoms with Gasteiger partial charge in [-0.25, -0.2) is 9.79 Å². The Morgan fingerprint density at radius 1 is 1.14 bits per heavy atom. The van der Waals surface area contributed by atoms with Gasteiger partial charge in [-0.15, -0.1) is 0 Å². The van der Waals surface area contributed by atoms with Gasteiger partial charge in [-0.1, -0.05) is 64.9 Å². The maximum atomic E-state index is 13.6. The van der Waals surface area contributed by atoms with Crippen LogP contribution in [0.25, 0.3) is 17.4 Å². The first-order valence-electron chi connectivity index (χ1n) is 11.2. The number of esters is 1. The number of carbonyl (C=O) groups excluding carboxylic acids is 1. The second-order valence-corrected chi connectivity index (χ2v) is 9.87. The number of nitrogens with zero attached hydrogens (tertiary/aromatic N) is 2. The summed E-state index contributed by atoms with van der Waals surface area (Å²) in [6, 6.07) is 17.6. The topological polar surface area (TPSA) is 73.8 Å². The molecule has 9 heteroatoms. The molecule has 0 spiro atoms. The van der Waals surface area contributed by atoms with Crippen molar-refractivity contribution >= 4 is 46.6 Å². The maximum absolute atomic E-state index is 13.6. The number of furan rings is 1. The van der Waals surface area contributed by atoms with Gasteiger partial charge < -0.3 is 9.15 Å². The van der Waals surface area contributed by atoms with Crippen LogP contribution in [0, 0.1) is 0 Å². The molecule has 5 rings (SSSR count). The van der Waals surface area contributed by atoms with E-state index in [0.29, 0.717) is 42.2 Å². The molecule has 0 N–H and O–H groups in total. The average Bonchev–Trinajstić information content (AvgIpc) is 3.45. The number of aromatic nitrogens is 1. The Labute approximate surface area is 220 Å². The van der Waals surface area contributed by atoms with Crippen LogP contribution < -0.4 is 14.9 Å². The van der Waals surface area contributed by atoms with Gasteiger partial charge in [0.15, 0.2) is 4.80 Å². The predicted molar refractivity (Wildman–Crippen MR) is 141 cm³/mol. The van der Waals surface area contributed by atoms with E-state index in [2.05, 4.69) is 4.99 Å². The van der Waals surface area contributed by atoms with Gasteiger partial charge in [0.25, 0.3) is 5.56 Å². The molecule has 0 bridgehead atoms. The minimum absolute atomic E-state index is 0.223. The van der Waals surface area contributed by atoms with Crippen LogP contribution in [-0.4, -0.2) is 17.1 Å². The van der Waals surface area contributed by atoms with E-state index in [-0.39, 0.29) is 12.2 Å². The SMILES string of the molecule is CCOC(=O)C1=C(C)N=c2s/c(=C/c3ccc(-c4ccc(Cl)c(Cl)c4)o3)c(=O)n2[C@@H]1c1ccccc1. The highest BCUT2D eigenvalue weighted by Crippen LogP contribution is 2.31. The van der Waals surface area contributed by atoms with E-state index < -0.39 is 12.0 Å². The fraction of sp³-hybridized carbons (Fsp3) is 0.148. The van der Waals surface area contributed by atoms with Crippen LogP contribution in [0.5, 0.6) is 0 Å². The van der Waals surface area contributed by atoms with E-state index in [1.807, 2.05) is 36.4 Å². The minimum atomic E-state index is -0.646. The van der Waals surface area contributed by atoms with Gasteiger partial charge in [-0.05, 0) is 49.7 Å². The largest absolute Gasteiger partial charge is 0.463 e. The third-order valence-corrected chi connectivity index (χ3v) is 7.46. The predicted octanol–water partition coefficient (Wildman–Crippen LogP) is 5.37. The Morgan fingerprint density at radius 2 is 1.92 bits per heavy atom. The molecular weight excluding hydrogens is 519 g/mol. The number of rotatable bonds is 5. The second-order valence-electron chi connectivity index (χ2n) is 8.04. The van der Waals surface area contributed by atoms with Gasteiger partial charge in [0.05, 0.1) is 38.5 Å². The second kappa shape index (κ2) is 9.93. The summed E-state index contributed by atoms with van der Waals surface area (Å²) in [5.74, 6) is 0.605. The van der Waals surface area contributed by atoms with E-state index in [9.17, 15) is 9.59 Å². The van der Waals surface area contributed by atoms with E-state index >= 15 is 0 Å². The zero-order chi connectivity index (χ0) is 25.4. The molecule has 182 valence electrons. The van der Waals surface area contributed by atoms with E-state index in [4.69, 9.17) is 32.4 Å². The highest BCUT2D eigenvalue weighted by Gasteiger charge is 2.33. The number of hydrogen-bond acceptors (Lipinski definition) is 6. The Kier molecular flexibility index (Phi) is 6.71. The molecule has 0 radical (unpaired) electrons. The number of ether oxygens (including phenoxy) is 1. The number of fused-ring (bicyclic) bond motifs is 1. The monoisotopic (exact) mass is 538 g/mol. The van der Waals surface area contributed by atoms with Crippen molar-refractivity contribution in [1.82, 2.24) is 4.57 Å². The molecule has 0 saturated carbocycles. The Morgan fingerprint density at radius 3 is 2.64 bits per heavy atom. The molecule has 0 amide bonds. The van der Waals surface area contributed by atoms with Crippen LogP contribution >= 0.6 is 34.5 Å². The smallest absolute Gasteiger partial charge is 0.338 e. The summed E-state index contributed by atoms with van der Waals surface area (Å²) in [7, 11) is 0. The van der Waals surface area contributed by atoms with Gasteiger partial charge in [0, 0.05) is 11.6 Å². The lowest BCUT2D eigenvalue weighted by atomic mass is 9.96. The Hall–Kier alpha value is -3.39. The molecule has 0 saturated heterocycles. The fourth-order valence-electron chi connectivity index (χ4n) is 4.11. The number of benzene rings is 2. The molecule has 2 aromatic heterocycles. The standard InChI is InChI=1S/C27H20Cl2N2O4S/c1-3-34-26(33)23-15(2)30-27-31(24(23)16-7-5-4-6-8-16)25(32)22(36-27)14-18-10-12-21(35-18)17-9-11-19(28)20(29)13-17/h4-14,24H,3H2,1-2H3/b22-14+/t24-/m1/s1. The van der Waals surface area contributed by atoms with Gasteiger partial charge >= 0.3 is 5.97 Å².